The number of fused-ring (bicyclic) bond motifs is 1. The van der Waals surface area contributed by atoms with Gasteiger partial charge in [-0.25, -0.2) is 13.1 Å². The van der Waals surface area contributed by atoms with Crippen LogP contribution in [0.4, 0.5) is 5.69 Å². The Labute approximate surface area is 158 Å². The van der Waals surface area contributed by atoms with Crippen molar-refractivity contribution in [3.8, 4) is 0 Å². The quantitative estimate of drug-likeness (QED) is 0.626. The van der Waals surface area contributed by atoms with Crippen molar-refractivity contribution < 1.29 is 13.2 Å². The Morgan fingerprint density at radius 1 is 0.963 bits per heavy atom. The van der Waals surface area contributed by atoms with Crippen LogP contribution in [0.3, 0.4) is 0 Å². The van der Waals surface area contributed by atoms with Crippen LogP contribution in [0.2, 0.25) is 0 Å². The Balaban J connectivity index is 1.50. The molecule has 1 heterocycles. The van der Waals surface area contributed by atoms with Gasteiger partial charge in [0.25, 0.3) is 0 Å². The molecule has 0 unspecified atom stereocenters. The highest BCUT2D eigenvalue weighted by Crippen LogP contribution is 2.20. The number of aryl methyl sites for hydroxylation is 1. The number of pyridine rings is 1. The molecule has 2 N–H and O–H groups in total. The van der Waals surface area contributed by atoms with E-state index in [1.54, 1.807) is 12.3 Å². The molecule has 3 rings (SSSR count). The molecule has 1 amide bonds. The largest absolute Gasteiger partial charge is 0.323 e. The molecule has 2 aromatic carbocycles. The fourth-order valence-corrected chi connectivity index (χ4v) is 3.78. The molecule has 6 nitrogen and oxygen atoms in total. The number of anilines is 1. The maximum absolute atomic E-state index is 12.1. The Morgan fingerprint density at radius 3 is 2.56 bits per heavy atom. The number of rotatable bonds is 8. The third-order valence-electron chi connectivity index (χ3n) is 4.08. The molecule has 0 aliphatic carbocycles. The summed E-state index contributed by atoms with van der Waals surface area (Å²) >= 11 is 0. The lowest BCUT2D eigenvalue weighted by Crippen LogP contribution is -2.34. The minimum atomic E-state index is -3.51. The number of carbonyl (C=O) groups excluding carboxylic acids is 1. The van der Waals surface area contributed by atoms with Crippen molar-refractivity contribution in [2.75, 3.05) is 17.6 Å². The maximum Gasteiger partial charge on any atom is 0.239 e. The molecule has 27 heavy (non-hydrogen) atoms. The van der Waals surface area contributed by atoms with E-state index in [4.69, 9.17) is 0 Å². The lowest BCUT2D eigenvalue weighted by atomic mass is 10.1. The molecular formula is C20H21N3O3S. The number of sulfonamides is 1. The van der Waals surface area contributed by atoms with Crippen LogP contribution in [-0.4, -0.2) is 31.6 Å². The van der Waals surface area contributed by atoms with E-state index >= 15 is 0 Å². The number of nitrogens with zero attached hydrogens (tertiary/aromatic N) is 1. The summed E-state index contributed by atoms with van der Waals surface area (Å²) in [6.07, 6.45) is 2.82. The first kappa shape index (κ1) is 19.0. The highest BCUT2D eigenvalue weighted by atomic mass is 32.2. The number of hydrogen-bond acceptors (Lipinski definition) is 4. The van der Waals surface area contributed by atoms with E-state index in [-0.39, 0.29) is 12.3 Å². The molecule has 0 saturated heterocycles. The standard InChI is InChI=1S/C20H21N3O3S/c24-19(23-18-12-4-10-17-11-5-13-21-20(17)18)15-22-27(25,26)14-6-9-16-7-2-1-3-8-16/h1-5,7-8,10-13,22H,6,9,14-15H2,(H,23,24). The molecule has 0 fully saturated rings. The number of amides is 1. The van der Waals surface area contributed by atoms with E-state index in [0.717, 1.165) is 10.9 Å². The molecular weight excluding hydrogens is 362 g/mol. The Kier molecular flexibility index (Phi) is 6.16. The van der Waals surface area contributed by atoms with Crippen molar-refractivity contribution in [2.24, 2.45) is 0 Å². The number of para-hydroxylation sites is 1. The highest BCUT2D eigenvalue weighted by molar-refractivity contribution is 7.89. The fourth-order valence-electron chi connectivity index (χ4n) is 2.76. The second-order valence-corrected chi connectivity index (χ2v) is 8.08. The van der Waals surface area contributed by atoms with Crippen LogP contribution in [0.5, 0.6) is 0 Å². The van der Waals surface area contributed by atoms with Gasteiger partial charge in [-0.2, -0.15) is 0 Å². The zero-order valence-corrected chi connectivity index (χ0v) is 15.6. The van der Waals surface area contributed by atoms with Crippen LogP contribution >= 0.6 is 0 Å². The fraction of sp³-hybridized carbons (Fsp3) is 0.200. The van der Waals surface area contributed by atoms with Crippen molar-refractivity contribution in [2.45, 2.75) is 12.8 Å². The molecule has 7 heteroatoms. The molecule has 0 bridgehead atoms. The van der Waals surface area contributed by atoms with Crippen LogP contribution in [0, 0.1) is 0 Å². The third-order valence-corrected chi connectivity index (χ3v) is 5.49. The lowest BCUT2D eigenvalue weighted by molar-refractivity contribution is -0.115. The second kappa shape index (κ2) is 8.75. The zero-order valence-electron chi connectivity index (χ0n) is 14.8. The first-order valence-electron chi connectivity index (χ1n) is 8.68. The molecule has 3 aromatic rings. The van der Waals surface area contributed by atoms with E-state index < -0.39 is 15.9 Å². The lowest BCUT2D eigenvalue weighted by Gasteiger charge is -2.09. The van der Waals surface area contributed by atoms with Crippen molar-refractivity contribution >= 4 is 32.5 Å². The monoisotopic (exact) mass is 383 g/mol. The molecule has 0 spiro atoms. The summed E-state index contributed by atoms with van der Waals surface area (Å²) in [5.41, 5.74) is 2.31. The molecule has 0 aliphatic heterocycles. The first-order valence-corrected chi connectivity index (χ1v) is 10.3. The van der Waals surface area contributed by atoms with Crippen LogP contribution in [0.1, 0.15) is 12.0 Å². The highest BCUT2D eigenvalue weighted by Gasteiger charge is 2.13. The number of nitrogens with one attached hydrogen (secondary N) is 2. The number of hydrogen-bond donors (Lipinski definition) is 2. The molecule has 0 aliphatic rings. The molecule has 0 saturated carbocycles. The molecule has 140 valence electrons. The van der Waals surface area contributed by atoms with Crippen LogP contribution in [0.25, 0.3) is 10.9 Å². The van der Waals surface area contributed by atoms with Gasteiger partial charge in [-0.3, -0.25) is 9.78 Å². The van der Waals surface area contributed by atoms with Gasteiger partial charge < -0.3 is 5.32 Å². The summed E-state index contributed by atoms with van der Waals surface area (Å²) in [6.45, 7) is -0.309. The van der Waals surface area contributed by atoms with Gasteiger partial charge in [0.1, 0.15) is 0 Å². The SMILES string of the molecule is O=C(CNS(=O)(=O)CCCc1ccccc1)Nc1cccc2cccnc12. The molecule has 1 aromatic heterocycles. The number of benzene rings is 2. The van der Waals surface area contributed by atoms with E-state index in [0.29, 0.717) is 24.0 Å². The summed E-state index contributed by atoms with van der Waals surface area (Å²) in [5, 5.41) is 3.61. The average molecular weight is 383 g/mol. The molecule has 0 atom stereocenters. The van der Waals surface area contributed by atoms with Crippen LogP contribution in [0.15, 0.2) is 66.9 Å². The van der Waals surface area contributed by atoms with E-state index in [1.807, 2.05) is 54.6 Å². The Bertz CT molecular complexity index is 1020. The van der Waals surface area contributed by atoms with E-state index in [1.165, 1.54) is 0 Å². The summed E-state index contributed by atoms with van der Waals surface area (Å²) in [6, 6.07) is 18.9. The Morgan fingerprint density at radius 2 is 1.74 bits per heavy atom. The van der Waals surface area contributed by atoms with Gasteiger partial charge in [-0.05, 0) is 30.5 Å². The summed E-state index contributed by atoms with van der Waals surface area (Å²) < 4.78 is 26.5. The normalized spacial score (nSPS) is 11.4. The first-order chi connectivity index (χ1) is 13.0. The van der Waals surface area contributed by atoms with Gasteiger partial charge in [0, 0.05) is 11.6 Å². The maximum atomic E-state index is 12.1. The van der Waals surface area contributed by atoms with Gasteiger partial charge in [-0.15, -0.1) is 0 Å². The third kappa shape index (κ3) is 5.60. The van der Waals surface area contributed by atoms with Gasteiger partial charge in [0.2, 0.25) is 15.9 Å². The zero-order chi connectivity index (χ0) is 19.1. The summed E-state index contributed by atoms with van der Waals surface area (Å²) in [7, 11) is -3.51. The van der Waals surface area contributed by atoms with Crippen LogP contribution < -0.4 is 10.0 Å². The van der Waals surface area contributed by atoms with E-state index in [2.05, 4.69) is 15.0 Å². The Hall–Kier alpha value is -2.77. The minimum absolute atomic E-state index is 0.0228. The smallest absolute Gasteiger partial charge is 0.239 e. The van der Waals surface area contributed by atoms with E-state index in [9.17, 15) is 13.2 Å². The summed E-state index contributed by atoms with van der Waals surface area (Å²) in [5.74, 6) is -0.454. The van der Waals surface area contributed by atoms with Gasteiger partial charge in [-0.1, -0.05) is 48.5 Å². The molecule has 0 radical (unpaired) electrons. The van der Waals surface area contributed by atoms with Crippen molar-refractivity contribution in [3.05, 3.63) is 72.4 Å². The average Bonchev–Trinajstić information content (AvgIpc) is 2.68. The van der Waals surface area contributed by atoms with Gasteiger partial charge in [0.05, 0.1) is 23.5 Å². The van der Waals surface area contributed by atoms with Crippen molar-refractivity contribution in [1.29, 1.82) is 0 Å². The van der Waals surface area contributed by atoms with Crippen LogP contribution in [-0.2, 0) is 21.2 Å². The topological polar surface area (TPSA) is 88.2 Å². The predicted octanol–water partition coefficient (Wildman–Crippen LogP) is 2.73. The predicted molar refractivity (Wildman–Crippen MR) is 107 cm³/mol. The number of aromatic nitrogens is 1. The summed E-state index contributed by atoms with van der Waals surface area (Å²) in [4.78, 5) is 16.4. The second-order valence-electron chi connectivity index (χ2n) is 6.16. The van der Waals surface area contributed by atoms with Gasteiger partial charge >= 0.3 is 0 Å². The van der Waals surface area contributed by atoms with Crippen molar-refractivity contribution in [3.63, 3.8) is 0 Å². The van der Waals surface area contributed by atoms with Crippen molar-refractivity contribution in [1.82, 2.24) is 9.71 Å². The number of carbonyl (C=O) groups is 1. The van der Waals surface area contributed by atoms with Gasteiger partial charge in [0.15, 0.2) is 0 Å². The minimum Gasteiger partial charge on any atom is -0.323 e.